The van der Waals surface area contributed by atoms with Gasteiger partial charge in [0.15, 0.2) is 0 Å². The van der Waals surface area contributed by atoms with Crippen molar-refractivity contribution in [2.75, 3.05) is 23.3 Å². The highest BCUT2D eigenvalue weighted by Crippen LogP contribution is 2.26. The van der Waals surface area contributed by atoms with Crippen molar-refractivity contribution in [1.29, 1.82) is 0 Å². The molecular formula is C16H19ClN6O2. The van der Waals surface area contributed by atoms with Gasteiger partial charge in [-0.15, -0.1) is 0 Å². The van der Waals surface area contributed by atoms with Crippen molar-refractivity contribution < 1.29 is 4.92 Å². The molecule has 3 heterocycles. The minimum atomic E-state index is -0.509. The number of nitrogens with one attached hydrogen (secondary N) is 1. The molecule has 0 aliphatic carbocycles. The van der Waals surface area contributed by atoms with E-state index in [1.165, 1.54) is 12.3 Å². The first kappa shape index (κ1) is 17.3. The predicted octanol–water partition coefficient (Wildman–Crippen LogP) is 3.08. The van der Waals surface area contributed by atoms with E-state index in [-0.39, 0.29) is 16.8 Å². The van der Waals surface area contributed by atoms with Gasteiger partial charge in [0, 0.05) is 37.0 Å². The number of hydrogen-bond acceptors (Lipinski definition) is 7. The highest BCUT2D eigenvalue weighted by molar-refractivity contribution is 6.33. The average Bonchev–Trinajstić information content (AvgIpc) is 2.63. The normalized spacial score (nSPS) is 17.4. The molecule has 0 saturated carbocycles. The Bertz CT molecular complexity index is 772. The third kappa shape index (κ3) is 4.14. The van der Waals surface area contributed by atoms with E-state index >= 15 is 0 Å². The summed E-state index contributed by atoms with van der Waals surface area (Å²) in [6, 6.07) is 3.47. The van der Waals surface area contributed by atoms with Crippen molar-refractivity contribution in [2.24, 2.45) is 0 Å². The largest absolute Gasteiger partial charge is 0.364 e. The number of aryl methyl sites for hydroxylation is 1. The number of nitrogens with zero attached hydrogens (tertiary/aromatic N) is 5. The fourth-order valence-electron chi connectivity index (χ4n) is 2.88. The molecule has 1 saturated heterocycles. The summed E-state index contributed by atoms with van der Waals surface area (Å²) in [5.41, 5.74) is 0.897. The minimum Gasteiger partial charge on any atom is -0.364 e. The Labute approximate surface area is 150 Å². The standard InChI is InChI=1S/C16H19ClN6O2/c1-2-11-6-15(20-10-19-11)22-5-3-4-12(9-22)21-16-14(17)7-13(8-18-16)23(24)25/h6-8,10,12H,2-5,9H2,1H3,(H,18,21). The molecule has 1 N–H and O–H groups in total. The Balaban J connectivity index is 1.70. The smallest absolute Gasteiger partial charge is 0.289 e. The zero-order chi connectivity index (χ0) is 17.8. The van der Waals surface area contributed by atoms with Gasteiger partial charge in [-0.3, -0.25) is 10.1 Å². The molecule has 0 bridgehead atoms. The van der Waals surface area contributed by atoms with Crippen LogP contribution < -0.4 is 10.2 Å². The van der Waals surface area contributed by atoms with E-state index in [1.54, 1.807) is 6.33 Å². The fraction of sp³-hybridized carbons (Fsp3) is 0.438. The van der Waals surface area contributed by atoms with Crippen molar-refractivity contribution >= 4 is 28.9 Å². The first-order valence-electron chi connectivity index (χ1n) is 8.19. The van der Waals surface area contributed by atoms with Crippen LogP contribution in [-0.2, 0) is 6.42 Å². The molecule has 2 aromatic rings. The van der Waals surface area contributed by atoms with Crippen molar-refractivity contribution in [3.05, 3.63) is 45.5 Å². The Kier molecular flexibility index (Phi) is 5.28. The average molecular weight is 363 g/mol. The number of aromatic nitrogens is 3. The molecule has 1 aliphatic rings. The van der Waals surface area contributed by atoms with Crippen molar-refractivity contribution in [3.8, 4) is 0 Å². The first-order chi connectivity index (χ1) is 12.1. The summed E-state index contributed by atoms with van der Waals surface area (Å²) in [7, 11) is 0. The van der Waals surface area contributed by atoms with Gasteiger partial charge >= 0.3 is 0 Å². The number of nitro groups is 1. The SMILES string of the molecule is CCc1cc(N2CCCC(Nc3ncc([N+](=O)[O-])cc3Cl)C2)ncn1. The molecule has 0 spiro atoms. The summed E-state index contributed by atoms with van der Waals surface area (Å²) in [6.45, 7) is 3.75. The highest BCUT2D eigenvalue weighted by Gasteiger charge is 2.22. The second kappa shape index (κ2) is 7.60. The molecular weight excluding hydrogens is 344 g/mol. The molecule has 3 rings (SSSR count). The first-order valence-corrected chi connectivity index (χ1v) is 8.57. The quantitative estimate of drug-likeness (QED) is 0.644. The summed E-state index contributed by atoms with van der Waals surface area (Å²) in [4.78, 5) is 25.2. The molecule has 1 atom stereocenters. The molecule has 9 heteroatoms. The number of piperidine rings is 1. The second-order valence-electron chi connectivity index (χ2n) is 5.93. The molecule has 132 valence electrons. The van der Waals surface area contributed by atoms with Crippen LogP contribution in [0, 0.1) is 10.1 Å². The van der Waals surface area contributed by atoms with E-state index in [0.717, 1.165) is 43.9 Å². The monoisotopic (exact) mass is 362 g/mol. The molecule has 0 aromatic carbocycles. The number of pyridine rings is 1. The lowest BCUT2D eigenvalue weighted by atomic mass is 10.1. The van der Waals surface area contributed by atoms with E-state index in [1.807, 2.05) is 6.07 Å². The lowest BCUT2D eigenvalue weighted by Crippen LogP contribution is -2.42. The van der Waals surface area contributed by atoms with Gasteiger partial charge in [0.05, 0.1) is 9.95 Å². The maximum atomic E-state index is 10.8. The molecule has 0 radical (unpaired) electrons. The van der Waals surface area contributed by atoms with Crippen LogP contribution in [-0.4, -0.2) is 39.0 Å². The van der Waals surface area contributed by atoms with Crippen LogP contribution in [0.25, 0.3) is 0 Å². The predicted molar refractivity (Wildman–Crippen MR) is 96.2 cm³/mol. The maximum Gasteiger partial charge on any atom is 0.289 e. The summed E-state index contributed by atoms with van der Waals surface area (Å²) < 4.78 is 0. The maximum absolute atomic E-state index is 10.8. The number of anilines is 2. The third-order valence-corrected chi connectivity index (χ3v) is 4.48. The molecule has 1 aliphatic heterocycles. The molecule has 2 aromatic heterocycles. The Morgan fingerprint density at radius 1 is 1.40 bits per heavy atom. The van der Waals surface area contributed by atoms with Crippen LogP contribution in [0.2, 0.25) is 5.02 Å². The summed E-state index contributed by atoms with van der Waals surface area (Å²) in [5, 5.41) is 14.3. The fourth-order valence-corrected chi connectivity index (χ4v) is 3.10. The zero-order valence-corrected chi connectivity index (χ0v) is 14.6. The van der Waals surface area contributed by atoms with Crippen molar-refractivity contribution in [1.82, 2.24) is 15.0 Å². The highest BCUT2D eigenvalue weighted by atomic mass is 35.5. The van der Waals surface area contributed by atoms with Gasteiger partial charge in [-0.1, -0.05) is 18.5 Å². The Hall–Kier alpha value is -2.48. The Morgan fingerprint density at radius 3 is 2.96 bits per heavy atom. The topological polar surface area (TPSA) is 97.1 Å². The van der Waals surface area contributed by atoms with Gasteiger partial charge < -0.3 is 10.2 Å². The lowest BCUT2D eigenvalue weighted by molar-refractivity contribution is -0.385. The zero-order valence-electron chi connectivity index (χ0n) is 13.9. The van der Waals surface area contributed by atoms with E-state index in [0.29, 0.717) is 5.82 Å². The van der Waals surface area contributed by atoms with Gasteiger partial charge in [-0.25, -0.2) is 15.0 Å². The number of rotatable bonds is 5. The second-order valence-corrected chi connectivity index (χ2v) is 6.34. The van der Waals surface area contributed by atoms with Crippen LogP contribution in [0.3, 0.4) is 0 Å². The van der Waals surface area contributed by atoms with Crippen molar-refractivity contribution in [2.45, 2.75) is 32.2 Å². The van der Waals surface area contributed by atoms with Gasteiger partial charge in [0.2, 0.25) is 0 Å². The van der Waals surface area contributed by atoms with Crippen LogP contribution in [0.5, 0.6) is 0 Å². The van der Waals surface area contributed by atoms with Gasteiger partial charge in [0.1, 0.15) is 24.2 Å². The van der Waals surface area contributed by atoms with Crippen LogP contribution >= 0.6 is 11.6 Å². The lowest BCUT2D eigenvalue weighted by Gasteiger charge is -2.34. The van der Waals surface area contributed by atoms with Gasteiger partial charge in [-0.05, 0) is 19.3 Å². The number of hydrogen-bond donors (Lipinski definition) is 1. The molecule has 25 heavy (non-hydrogen) atoms. The van der Waals surface area contributed by atoms with Crippen molar-refractivity contribution in [3.63, 3.8) is 0 Å². The van der Waals surface area contributed by atoms with Gasteiger partial charge in [-0.2, -0.15) is 0 Å². The van der Waals surface area contributed by atoms with E-state index in [4.69, 9.17) is 11.6 Å². The van der Waals surface area contributed by atoms with Crippen LogP contribution in [0.1, 0.15) is 25.5 Å². The van der Waals surface area contributed by atoms with Crippen LogP contribution in [0.15, 0.2) is 24.7 Å². The molecule has 1 fully saturated rings. The summed E-state index contributed by atoms with van der Waals surface area (Å²) in [5.74, 6) is 1.39. The van der Waals surface area contributed by atoms with E-state index in [9.17, 15) is 10.1 Å². The summed E-state index contributed by atoms with van der Waals surface area (Å²) >= 11 is 6.12. The van der Waals surface area contributed by atoms with E-state index in [2.05, 4.69) is 32.1 Å². The number of halogens is 1. The molecule has 0 amide bonds. The Morgan fingerprint density at radius 2 is 2.24 bits per heavy atom. The molecule has 1 unspecified atom stereocenters. The minimum absolute atomic E-state index is 0.117. The van der Waals surface area contributed by atoms with E-state index < -0.39 is 4.92 Å². The molecule has 8 nitrogen and oxygen atoms in total. The van der Waals surface area contributed by atoms with Gasteiger partial charge in [0.25, 0.3) is 5.69 Å². The third-order valence-electron chi connectivity index (χ3n) is 4.20. The van der Waals surface area contributed by atoms with Crippen LogP contribution in [0.4, 0.5) is 17.3 Å². The summed E-state index contributed by atoms with van der Waals surface area (Å²) in [6.07, 6.45) is 5.66.